The molecule has 0 spiro atoms. The zero-order valence-electron chi connectivity index (χ0n) is 13.9. The zero-order chi connectivity index (χ0) is 17.6. The predicted molar refractivity (Wildman–Crippen MR) is 93.1 cm³/mol. The summed E-state index contributed by atoms with van der Waals surface area (Å²) in [6, 6.07) is 3.98. The highest BCUT2D eigenvalue weighted by Crippen LogP contribution is 2.17. The van der Waals surface area contributed by atoms with E-state index in [1.165, 1.54) is 6.20 Å². The van der Waals surface area contributed by atoms with Crippen molar-refractivity contribution in [3.63, 3.8) is 0 Å². The molecule has 2 aromatic rings. The van der Waals surface area contributed by atoms with Gasteiger partial charge < -0.3 is 14.4 Å². The van der Waals surface area contributed by atoms with Crippen LogP contribution in [0.15, 0.2) is 24.5 Å². The summed E-state index contributed by atoms with van der Waals surface area (Å²) in [4.78, 5) is 26.8. The van der Waals surface area contributed by atoms with Crippen molar-refractivity contribution in [2.45, 2.75) is 13.3 Å². The minimum Gasteiger partial charge on any atom is -0.462 e. The number of carbonyl (C=O) groups is 1. The van der Waals surface area contributed by atoms with E-state index < -0.39 is 5.97 Å². The third kappa shape index (κ3) is 4.43. The van der Waals surface area contributed by atoms with Crippen LogP contribution in [-0.2, 0) is 15.9 Å². The van der Waals surface area contributed by atoms with Crippen molar-refractivity contribution < 1.29 is 14.3 Å². The molecule has 1 saturated heterocycles. The molecule has 132 valence electrons. The van der Waals surface area contributed by atoms with Gasteiger partial charge in [-0.2, -0.15) is 0 Å². The van der Waals surface area contributed by atoms with Gasteiger partial charge in [0.05, 0.1) is 19.8 Å². The molecule has 1 fully saturated rings. The molecular weight excluding hydrogens is 344 g/mol. The molecule has 0 unspecified atom stereocenters. The Morgan fingerprint density at radius 3 is 2.72 bits per heavy atom. The Hall–Kier alpha value is -2.25. The molecule has 3 rings (SSSR count). The van der Waals surface area contributed by atoms with Crippen molar-refractivity contribution in [1.82, 2.24) is 15.0 Å². The van der Waals surface area contributed by atoms with Crippen LogP contribution in [0.5, 0.6) is 0 Å². The number of hydrogen-bond donors (Lipinski definition) is 0. The Morgan fingerprint density at radius 2 is 2.08 bits per heavy atom. The van der Waals surface area contributed by atoms with Gasteiger partial charge in [-0.3, -0.25) is 0 Å². The maximum atomic E-state index is 11.7. The van der Waals surface area contributed by atoms with Crippen molar-refractivity contribution in [3.8, 4) is 0 Å². The van der Waals surface area contributed by atoms with Crippen molar-refractivity contribution in [3.05, 3.63) is 46.6 Å². The van der Waals surface area contributed by atoms with Crippen molar-refractivity contribution in [2.75, 3.05) is 37.8 Å². The van der Waals surface area contributed by atoms with Crippen LogP contribution in [0.3, 0.4) is 0 Å². The number of rotatable bonds is 5. The lowest BCUT2D eigenvalue weighted by molar-refractivity contribution is 0.0525. The van der Waals surface area contributed by atoms with Gasteiger partial charge in [0.25, 0.3) is 0 Å². The molecule has 0 bridgehead atoms. The lowest BCUT2D eigenvalue weighted by Gasteiger charge is -2.27. The molecule has 1 aliphatic heterocycles. The van der Waals surface area contributed by atoms with Gasteiger partial charge in [-0.25, -0.2) is 19.7 Å². The fourth-order valence-electron chi connectivity index (χ4n) is 2.51. The summed E-state index contributed by atoms with van der Waals surface area (Å²) in [6.07, 6.45) is 3.69. The van der Waals surface area contributed by atoms with Crippen molar-refractivity contribution in [2.24, 2.45) is 0 Å². The number of pyridine rings is 1. The molecule has 0 aromatic carbocycles. The standard InChI is InChI=1S/C17H19ClN4O3/c1-2-25-17(23)13-11-19-14(21-16(13)18)9-12-3-4-15(20-10-12)22-5-7-24-8-6-22/h3-4,10-11H,2,5-9H2,1H3. The monoisotopic (exact) mass is 362 g/mol. The lowest BCUT2D eigenvalue weighted by Crippen LogP contribution is -2.36. The number of esters is 1. The maximum Gasteiger partial charge on any atom is 0.342 e. The second kappa shape index (κ2) is 8.22. The summed E-state index contributed by atoms with van der Waals surface area (Å²) >= 11 is 6.07. The van der Waals surface area contributed by atoms with E-state index in [4.69, 9.17) is 21.1 Å². The number of halogens is 1. The van der Waals surface area contributed by atoms with Crippen LogP contribution in [0.2, 0.25) is 5.15 Å². The van der Waals surface area contributed by atoms with Crippen LogP contribution in [0.25, 0.3) is 0 Å². The summed E-state index contributed by atoms with van der Waals surface area (Å²) < 4.78 is 10.3. The van der Waals surface area contributed by atoms with E-state index in [1.54, 1.807) is 13.1 Å². The smallest absolute Gasteiger partial charge is 0.342 e. The van der Waals surface area contributed by atoms with Gasteiger partial charge in [-0.15, -0.1) is 0 Å². The Morgan fingerprint density at radius 1 is 1.28 bits per heavy atom. The van der Waals surface area contributed by atoms with Gasteiger partial charge in [0.1, 0.15) is 22.4 Å². The number of aromatic nitrogens is 3. The SMILES string of the molecule is CCOC(=O)c1cnc(Cc2ccc(N3CCOCC3)nc2)nc1Cl. The summed E-state index contributed by atoms with van der Waals surface area (Å²) in [5, 5.41) is 0.0985. The maximum absolute atomic E-state index is 11.7. The first kappa shape index (κ1) is 17.6. The Labute approximate surface area is 151 Å². The van der Waals surface area contributed by atoms with Gasteiger partial charge in [-0.05, 0) is 18.6 Å². The highest BCUT2D eigenvalue weighted by molar-refractivity contribution is 6.32. The second-order valence-corrected chi connectivity index (χ2v) is 5.87. The molecule has 0 aliphatic carbocycles. The Kier molecular flexibility index (Phi) is 5.78. The molecule has 0 atom stereocenters. The fourth-order valence-corrected chi connectivity index (χ4v) is 2.73. The van der Waals surface area contributed by atoms with Gasteiger partial charge in [0.2, 0.25) is 0 Å². The number of hydrogen-bond acceptors (Lipinski definition) is 7. The molecule has 0 N–H and O–H groups in total. The predicted octanol–water partition coefficient (Wildman–Crippen LogP) is 2.13. The fraction of sp³-hybridized carbons (Fsp3) is 0.412. The van der Waals surface area contributed by atoms with E-state index in [2.05, 4.69) is 19.9 Å². The van der Waals surface area contributed by atoms with Crippen LogP contribution in [0, 0.1) is 0 Å². The summed E-state index contributed by atoms with van der Waals surface area (Å²) in [6.45, 7) is 5.15. The quantitative estimate of drug-likeness (QED) is 0.595. The van der Waals surface area contributed by atoms with Crippen LogP contribution >= 0.6 is 11.6 Å². The van der Waals surface area contributed by atoms with Crippen LogP contribution in [-0.4, -0.2) is 53.8 Å². The summed E-state index contributed by atoms with van der Waals surface area (Å²) in [5.74, 6) is 0.943. The van der Waals surface area contributed by atoms with E-state index in [9.17, 15) is 4.79 Å². The van der Waals surface area contributed by atoms with E-state index in [0.29, 0.717) is 12.2 Å². The number of anilines is 1. The molecule has 0 radical (unpaired) electrons. The normalized spacial score (nSPS) is 14.4. The first-order valence-electron chi connectivity index (χ1n) is 8.13. The molecule has 3 heterocycles. The molecular formula is C17H19ClN4O3. The van der Waals surface area contributed by atoms with Gasteiger partial charge in [-0.1, -0.05) is 17.7 Å². The topological polar surface area (TPSA) is 77.4 Å². The molecule has 7 nitrogen and oxygen atoms in total. The first-order valence-corrected chi connectivity index (χ1v) is 8.51. The summed E-state index contributed by atoms with van der Waals surface area (Å²) in [5.41, 5.74) is 1.14. The number of nitrogens with zero attached hydrogens (tertiary/aromatic N) is 4. The van der Waals surface area contributed by atoms with Gasteiger partial charge >= 0.3 is 5.97 Å². The number of carbonyl (C=O) groups excluding carboxylic acids is 1. The molecule has 0 saturated carbocycles. The molecule has 8 heteroatoms. The third-order valence-electron chi connectivity index (χ3n) is 3.79. The lowest BCUT2D eigenvalue weighted by atomic mass is 10.2. The zero-order valence-corrected chi connectivity index (χ0v) is 14.7. The van der Waals surface area contributed by atoms with Crippen LogP contribution in [0.4, 0.5) is 5.82 Å². The molecule has 25 heavy (non-hydrogen) atoms. The van der Waals surface area contributed by atoms with Crippen molar-refractivity contribution in [1.29, 1.82) is 0 Å². The van der Waals surface area contributed by atoms with Gasteiger partial charge in [0, 0.05) is 31.9 Å². The molecule has 0 amide bonds. The van der Waals surface area contributed by atoms with Crippen LogP contribution in [0.1, 0.15) is 28.7 Å². The third-order valence-corrected chi connectivity index (χ3v) is 4.08. The highest BCUT2D eigenvalue weighted by Gasteiger charge is 2.15. The van der Waals surface area contributed by atoms with E-state index >= 15 is 0 Å². The number of morpholine rings is 1. The average Bonchev–Trinajstić information content (AvgIpc) is 2.63. The average molecular weight is 363 g/mol. The molecule has 1 aliphatic rings. The molecule has 2 aromatic heterocycles. The van der Waals surface area contributed by atoms with Crippen LogP contribution < -0.4 is 4.90 Å². The Bertz CT molecular complexity index is 733. The highest BCUT2D eigenvalue weighted by atomic mass is 35.5. The second-order valence-electron chi connectivity index (χ2n) is 5.51. The minimum atomic E-state index is -0.518. The summed E-state index contributed by atoms with van der Waals surface area (Å²) in [7, 11) is 0. The minimum absolute atomic E-state index is 0.0985. The van der Waals surface area contributed by atoms with Gasteiger partial charge in [0.15, 0.2) is 0 Å². The van der Waals surface area contributed by atoms with E-state index in [-0.39, 0.29) is 17.3 Å². The van der Waals surface area contributed by atoms with Crippen molar-refractivity contribution >= 4 is 23.4 Å². The Balaban J connectivity index is 1.67. The largest absolute Gasteiger partial charge is 0.462 e. The van der Waals surface area contributed by atoms with E-state index in [1.807, 2.05) is 12.1 Å². The number of ether oxygens (including phenoxy) is 2. The first-order chi connectivity index (χ1) is 12.2. The van der Waals surface area contributed by atoms with E-state index in [0.717, 1.165) is 37.7 Å².